The summed E-state index contributed by atoms with van der Waals surface area (Å²) in [6, 6.07) is 0.433. The number of anilines is 2. The Balaban J connectivity index is 0.00000264. The lowest BCUT2D eigenvalue weighted by Gasteiger charge is -2.50. The first-order chi connectivity index (χ1) is 19.7. The van der Waals surface area contributed by atoms with E-state index in [1.54, 1.807) is 39.2 Å². The molecule has 0 aliphatic heterocycles. The normalized spacial score (nSPS) is 25.8. The second kappa shape index (κ2) is 12.6. The van der Waals surface area contributed by atoms with Gasteiger partial charge in [0, 0.05) is 31.3 Å². The van der Waals surface area contributed by atoms with Crippen LogP contribution in [0.15, 0.2) is 23.0 Å². The molecular weight excluding hydrogens is 617 g/mol. The zero-order valence-electron chi connectivity index (χ0n) is 24.8. The molecule has 4 aliphatic rings. The molecule has 1 aromatic carbocycles. The highest BCUT2D eigenvalue weighted by atomic mass is 35.5. The number of halogens is 2. The van der Waals surface area contributed by atoms with Crippen molar-refractivity contribution >= 4 is 65.3 Å². The molecule has 0 bridgehead atoms. The number of nitrogens with one attached hydrogen (secondary N) is 2. The quantitative estimate of drug-likeness (QED) is 0.154. The molecule has 5 rings (SSSR count). The van der Waals surface area contributed by atoms with Gasteiger partial charge in [-0.1, -0.05) is 0 Å². The van der Waals surface area contributed by atoms with E-state index in [2.05, 4.69) is 10.6 Å². The van der Waals surface area contributed by atoms with Gasteiger partial charge in [-0.15, -0.1) is 24.8 Å². The highest BCUT2D eigenvalue weighted by Gasteiger charge is 2.64. The Hall–Kier alpha value is -3.36. The van der Waals surface area contributed by atoms with Crippen molar-refractivity contribution in [1.82, 2.24) is 10.2 Å². The first kappa shape index (κ1) is 35.1. The maximum atomic E-state index is 14.0. The number of primary amides is 1. The fraction of sp³-hybridized carbons (Fsp3) is 0.517. The van der Waals surface area contributed by atoms with Gasteiger partial charge >= 0.3 is 0 Å². The molecule has 15 heteroatoms. The fourth-order valence-corrected chi connectivity index (χ4v) is 6.69. The largest absolute Gasteiger partial charge is 0.508 e. The van der Waals surface area contributed by atoms with Gasteiger partial charge in [0.15, 0.2) is 11.4 Å². The number of fused-ring (bicyclic) bond motifs is 3. The number of phenols is 1. The van der Waals surface area contributed by atoms with E-state index in [0.717, 1.165) is 12.8 Å². The predicted molar refractivity (Wildman–Crippen MR) is 167 cm³/mol. The van der Waals surface area contributed by atoms with Crippen molar-refractivity contribution in [3.8, 4) is 5.75 Å². The van der Waals surface area contributed by atoms with Gasteiger partial charge in [0.1, 0.15) is 22.8 Å². The lowest BCUT2D eigenvalue weighted by Crippen LogP contribution is -2.65. The van der Waals surface area contributed by atoms with Crippen LogP contribution in [0.5, 0.6) is 5.75 Å². The van der Waals surface area contributed by atoms with Gasteiger partial charge < -0.3 is 41.7 Å². The number of phenolic OH excluding ortho intramolecular Hbond substituents is 1. The number of likely N-dealkylation sites (N-methyl/N-ethyl adjacent to an activating group) is 1. The number of ketones is 2. The number of carbonyl (C=O) groups is 4. The van der Waals surface area contributed by atoms with Gasteiger partial charge in [-0.2, -0.15) is 0 Å². The fourth-order valence-electron chi connectivity index (χ4n) is 6.69. The average Bonchev–Trinajstić information content (AvgIpc) is 3.71. The Morgan fingerprint density at radius 2 is 1.73 bits per heavy atom. The molecule has 8 N–H and O–H groups in total. The van der Waals surface area contributed by atoms with Crippen LogP contribution in [0.1, 0.15) is 30.4 Å². The summed E-state index contributed by atoms with van der Waals surface area (Å²) in [6.07, 6.45) is 2.39. The number of carbonyl (C=O) groups excluding carboxylic acids is 4. The molecular formula is C29H39Cl2N5O8. The number of amides is 2. The van der Waals surface area contributed by atoms with Gasteiger partial charge in [0.05, 0.1) is 23.8 Å². The van der Waals surface area contributed by atoms with E-state index in [1.165, 1.54) is 4.90 Å². The van der Waals surface area contributed by atoms with Crippen molar-refractivity contribution in [3.05, 3.63) is 34.1 Å². The summed E-state index contributed by atoms with van der Waals surface area (Å²) < 4.78 is 0. The SMILES string of the molecule is CN(C)c1cc(NC(=O)CNCC2CC2)c(O)c2c1CC1CC3[C@H](N(C)C)C(=O)C(C(N)=O)=C(O)C3(O)C(=O)C1=C2O.Cl.Cl. The van der Waals surface area contributed by atoms with Crippen molar-refractivity contribution in [2.24, 2.45) is 23.5 Å². The Labute approximate surface area is 267 Å². The molecule has 242 valence electrons. The number of aromatic hydroxyl groups is 1. The average molecular weight is 657 g/mol. The molecule has 0 heterocycles. The third-order valence-electron chi connectivity index (χ3n) is 8.87. The monoisotopic (exact) mass is 655 g/mol. The molecule has 2 fully saturated rings. The van der Waals surface area contributed by atoms with Crippen molar-refractivity contribution in [1.29, 1.82) is 0 Å². The van der Waals surface area contributed by atoms with Gasteiger partial charge in [0.25, 0.3) is 5.91 Å². The first-order valence-corrected chi connectivity index (χ1v) is 13.9. The van der Waals surface area contributed by atoms with E-state index < -0.39 is 69.7 Å². The number of hydrogen-bond acceptors (Lipinski definition) is 11. The van der Waals surface area contributed by atoms with Gasteiger partial charge in [-0.25, -0.2) is 0 Å². The van der Waals surface area contributed by atoms with E-state index in [4.69, 9.17) is 5.73 Å². The molecule has 2 saturated carbocycles. The molecule has 0 radical (unpaired) electrons. The van der Waals surface area contributed by atoms with E-state index in [0.29, 0.717) is 23.7 Å². The van der Waals surface area contributed by atoms with E-state index >= 15 is 0 Å². The molecule has 4 atom stereocenters. The molecule has 2 amide bonds. The Bertz CT molecular complexity index is 1470. The number of benzene rings is 1. The smallest absolute Gasteiger partial charge is 0.255 e. The van der Waals surface area contributed by atoms with E-state index in [1.807, 2.05) is 0 Å². The van der Waals surface area contributed by atoms with Crippen LogP contribution in [0.3, 0.4) is 0 Å². The van der Waals surface area contributed by atoms with Crippen LogP contribution < -0.4 is 21.3 Å². The molecule has 4 aliphatic carbocycles. The lowest BCUT2D eigenvalue weighted by atomic mass is 9.57. The molecule has 0 saturated heterocycles. The minimum atomic E-state index is -2.72. The van der Waals surface area contributed by atoms with Crippen molar-refractivity contribution in [3.63, 3.8) is 0 Å². The Morgan fingerprint density at radius 3 is 2.27 bits per heavy atom. The molecule has 0 aromatic heterocycles. The molecule has 3 unspecified atom stereocenters. The first-order valence-electron chi connectivity index (χ1n) is 13.9. The number of hydrogen-bond donors (Lipinski definition) is 7. The zero-order valence-corrected chi connectivity index (χ0v) is 26.5. The highest BCUT2D eigenvalue weighted by molar-refractivity contribution is 6.24. The highest BCUT2D eigenvalue weighted by Crippen LogP contribution is 2.54. The molecule has 0 spiro atoms. The summed E-state index contributed by atoms with van der Waals surface area (Å²) in [5, 5.41) is 51.3. The van der Waals surface area contributed by atoms with Crippen LogP contribution in [0.25, 0.3) is 5.76 Å². The third kappa shape index (κ3) is 5.51. The topological polar surface area (TPSA) is 206 Å². The lowest BCUT2D eigenvalue weighted by molar-refractivity contribution is -0.153. The maximum Gasteiger partial charge on any atom is 0.255 e. The molecule has 1 aromatic rings. The van der Waals surface area contributed by atoms with Crippen LogP contribution in [-0.4, -0.2) is 102 Å². The van der Waals surface area contributed by atoms with Gasteiger partial charge in [0.2, 0.25) is 11.7 Å². The Kier molecular flexibility index (Phi) is 10.0. The van der Waals surface area contributed by atoms with E-state index in [-0.39, 0.29) is 61.0 Å². The van der Waals surface area contributed by atoms with Crippen LogP contribution >= 0.6 is 24.8 Å². The number of aliphatic hydroxyl groups excluding tert-OH is 2. The summed E-state index contributed by atoms with van der Waals surface area (Å²) in [4.78, 5) is 55.3. The second-order valence-electron chi connectivity index (χ2n) is 12.1. The number of nitrogens with zero attached hydrogens (tertiary/aromatic N) is 2. The van der Waals surface area contributed by atoms with Crippen LogP contribution in [0, 0.1) is 17.8 Å². The van der Waals surface area contributed by atoms with Gasteiger partial charge in [-0.3, -0.25) is 24.1 Å². The standard InChI is InChI=1S/C29H37N5O8.2ClH/c1-33(2)17-9-16(32-18(35)11-31-10-12-5-6-12)23(36)20-14(17)7-13-8-15-22(34(3)4)25(38)21(28(30)41)27(40)29(15,42)26(39)19(13)24(20)37;;/h9,12-13,15,22,31,36-37,40,42H,5-8,10-11H2,1-4H3,(H2,30,41)(H,32,35);2*1H/t13?,15?,22-,29?;;/m0../s1. The number of rotatable bonds is 8. The van der Waals surface area contributed by atoms with Crippen molar-refractivity contribution in [2.75, 3.05) is 51.5 Å². The third-order valence-corrected chi connectivity index (χ3v) is 8.87. The number of nitrogens with two attached hydrogens (primary N) is 1. The molecule has 44 heavy (non-hydrogen) atoms. The zero-order chi connectivity index (χ0) is 30.8. The maximum absolute atomic E-state index is 14.0. The van der Waals surface area contributed by atoms with Crippen LogP contribution in [0.4, 0.5) is 11.4 Å². The summed E-state index contributed by atoms with van der Waals surface area (Å²) >= 11 is 0. The summed E-state index contributed by atoms with van der Waals surface area (Å²) in [5.74, 6) is -7.10. The molecule has 13 nitrogen and oxygen atoms in total. The summed E-state index contributed by atoms with van der Waals surface area (Å²) in [5.41, 5.74) is 2.56. The van der Waals surface area contributed by atoms with Crippen LogP contribution in [0.2, 0.25) is 0 Å². The van der Waals surface area contributed by atoms with Crippen LogP contribution in [-0.2, 0) is 25.6 Å². The van der Waals surface area contributed by atoms with Gasteiger partial charge in [-0.05, 0) is 69.8 Å². The van der Waals surface area contributed by atoms with E-state index in [9.17, 15) is 39.6 Å². The minimum absolute atomic E-state index is 0. The van der Waals surface area contributed by atoms with Crippen molar-refractivity contribution in [2.45, 2.75) is 37.3 Å². The minimum Gasteiger partial charge on any atom is -0.508 e. The number of aliphatic hydroxyl groups is 3. The Morgan fingerprint density at radius 1 is 1.09 bits per heavy atom. The number of Topliss-reactive ketones (excluding diaryl/α,β-unsaturated/α-hetero) is 2. The second-order valence-corrected chi connectivity index (χ2v) is 12.1. The summed E-state index contributed by atoms with van der Waals surface area (Å²) in [6.45, 7) is 0.734. The summed E-state index contributed by atoms with van der Waals surface area (Å²) in [7, 11) is 6.61. The van der Waals surface area contributed by atoms with Crippen molar-refractivity contribution < 1.29 is 39.6 Å². The predicted octanol–water partition coefficient (Wildman–Crippen LogP) is 0.812.